The van der Waals surface area contributed by atoms with Crippen molar-refractivity contribution in [3.63, 3.8) is 0 Å². The predicted octanol–water partition coefficient (Wildman–Crippen LogP) is 1.71. The van der Waals surface area contributed by atoms with Crippen molar-refractivity contribution >= 4 is 11.6 Å². The van der Waals surface area contributed by atoms with Crippen LogP contribution in [-0.4, -0.2) is 24.7 Å². The van der Waals surface area contributed by atoms with Crippen molar-refractivity contribution in [1.29, 1.82) is 0 Å². The zero-order valence-electron chi connectivity index (χ0n) is 10.3. The van der Waals surface area contributed by atoms with Crippen LogP contribution in [0.25, 0.3) is 0 Å². The Hall–Kier alpha value is -1.62. The van der Waals surface area contributed by atoms with Crippen LogP contribution in [0.4, 0.5) is 10.1 Å². The molecule has 0 saturated carbocycles. The van der Waals surface area contributed by atoms with Crippen LogP contribution in [0.1, 0.15) is 30.1 Å². The van der Waals surface area contributed by atoms with Crippen LogP contribution in [-0.2, 0) is 4.74 Å². The second-order valence-electron chi connectivity index (χ2n) is 4.86. The number of halogens is 1. The third-order valence-corrected chi connectivity index (χ3v) is 3.27. The van der Waals surface area contributed by atoms with Crippen molar-refractivity contribution < 1.29 is 13.9 Å². The van der Waals surface area contributed by atoms with Gasteiger partial charge in [-0.05, 0) is 38.0 Å². The van der Waals surface area contributed by atoms with Gasteiger partial charge in [0.1, 0.15) is 5.82 Å². The molecule has 1 aliphatic heterocycles. The fourth-order valence-electron chi connectivity index (χ4n) is 1.96. The molecule has 4 nitrogen and oxygen atoms in total. The Morgan fingerprint density at radius 3 is 2.72 bits per heavy atom. The number of hydrogen-bond donors (Lipinski definition) is 2. The molecule has 18 heavy (non-hydrogen) atoms. The summed E-state index contributed by atoms with van der Waals surface area (Å²) in [7, 11) is 0. The quantitative estimate of drug-likeness (QED) is 0.787. The van der Waals surface area contributed by atoms with Crippen LogP contribution >= 0.6 is 0 Å². The van der Waals surface area contributed by atoms with Gasteiger partial charge in [-0.1, -0.05) is 0 Å². The van der Waals surface area contributed by atoms with Crippen LogP contribution in [0.2, 0.25) is 0 Å². The maximum Gasteiger partial charge on any atom is 0.251 e. The smallest absolute Gasteiger partial charge is 0.251 e. The highest BCUT2D eigenvalue weighted by atomic mass is 19.1. The van der Waals surface area contributed by atoms with Gasteiger partial charge in [-0.2, -0.15) is 0 Å². The number of carbonyl (C=O) groups excluding carboxylic acids is 1. The van der Waals surface area contributed by atoms with Crippen molar-refractivity contribution in [3.8, 4) is 0 Å². The summed E-state index contributed by atoms with van der Waals surface area (Å²) in [4.78, 5) is 12.0. The maximum absolute atomic E-state index is 13.3. The SMILES string of the molecule is CC1(NC(=O)c2ccc(N)c(F)c2)CCOCC1. The molecule has 5 heteroatoms. The molecular weight excluding hydrogens is 235 g/mol. The molecule has 98 valence electrons. The highest BCUT2D eigenvalue weighted by Crippen LogP contribution is 2.21. The van der Waals surface area contributed by atoms with Crippen molar-refractivity contribution in [2.75, 3.05) is 18.9 Å². The lowest BCUT2D eigenvalue weighted by molar-refractivity contribution is 0.0422. The van der Waals surface area contributed by atoms with Gasteiger partial charge in [0.15, 0.2) is 0 Å². The van der Waals surface area contributed by atoms with E-state index in [2.05, 4.69) is 5.32 Å². The number of hydrogen-bond acceptors (Lipinski definition) is 3. The highest BCUT2D eigenvalue weighted by molar-refractivity contribution is 5.95. The minimum Gasteiger partial charge on any atom is -0.396 e. The molecule has 1 heterocycles. The van der Waals surface area contributed by atoms with Gasteiger partial charge < -0.3 is 15.8 Å². The van der Waals surface area contributed by atoms with Crippen molar-refractivity contribution in [2.24, 2.45) is 0 Å². The molecule has 0 atom stereocenters. The number of rotatable bonds is 2. The number of nitrogens with two attached hydrogens (primary N) is 1. The average Bonchev–Trinajstić information content (AvgIpc) is 2.33. The molecule has 1 aliphatic rings. The topological polar surface area (TPSA) is 64.4 Å². The third kappa shape index (κ3) is 2.79. The largest absolute Gasteiger partial charge is 0.396 e. The Kier molecular flexibility index (Phi) is 3.52. The van der Waals surface area contributed by atoms with E-state index in [4.69, 9.17) is 10.5 Å². The molecule has 1 fully saturated rings. The number of amides is 1. The molecule has 2 rings (SSSR count). The van der Waals surface area contributed by atoms with E-state index >= 15 is 0 Å². The van der Waals surface area contributed by atoms with E-state index < -0.39 is 5.82 Å². The first kappa shape index (κ1) is 12.8. The van der Waals surface area contributed by atoms with E-state index in [0.29, 0.717) is 13.2 Å². The molecule has 0 aliphatic carbocycles. The fourth-order valence-corrected chi connectivity index (χ4v) is 1.96. The summed E-state index contributed by atoms with van der Waals surface area (Å²) in [5.41, 5.74) is 5.42. The van der Waals surface area contributed by atoms with Gasteiger partial charge in [0.2, 0.25) is 0 Å². The zero-order valence-corrected chi connectivity index (χ0v) is 10.3. The Balaban J connectivity index is 2.09. The Morgan fingerprint density at radius 2 is 2.11 bits per heavy atom. The van der Waals surface area contributed by atoms with Gasteiger partial charge >= 0.3 is 0 Å². The lowest BCUT2D eigenvalue weighted by Crippen LogP contribution is -2.49. The number of benzene rings is 1. The van der Waals surface area contributed by atoms with Crippen LogP contribution in [0.5, 0.6) is 0 Å². The first-order chi connectivity index (χ1) is 8.50. The summed E-state index contributed by atoms with van der Waals surface area (Å²) in [5, 5.41) is 2.93. The van der Waals surface area contributed by atoms with E-state index in [-0.39, 0.29) is 22.7 Å². The monoisotopic (exact) mass is 252 g/mol. The molecule has 1 saturated heterocycles. The minimum atomic E-state index is -0.570. The van der Waals surface area contributed by atoms with E-state index in [1.165, 1.54) is 12.1 Å². The molecule has 1 aromatic rings. The fraction of sp³-hybridized carbons (Fsp3) is 0.462. The van der Waals surface area contributed by atoms with E-state index in [1.807, 2.05) is 6.92 Å². The molecule has 1 amide bonds. The Bertz CT molecular complexity index is 456. The number of nitrogen functional groups attached to an aromatic ring is 1. The van der Waals surface area contributed by atoms with Crippen LogP contribution < -0.4 is 11.1 Å². The van der Waals surface area contributed by atoms with Gasteiger partial charge in [0.05, 0.1) is 5.69 Å². The normalized spacial score (nSPS) is 18.3. The molecule has 1 aromatic carbocycles. The summed E-state index contributed by atoms with van der Waals surface area (Å²) in [6, 6.07) is 4.08. The molecule has 0 aromatic heterocycles. The van der Waals surface area contributed by atoms with Gasteiger partial charge in [-0.25, -0.2) is 4.39 Å². The summed E-state index contributed by atoms with van der Waals surface area (Å²) in [6.45, 7) is 3.24. The lowest BCUT2D eigenvalue weighted by atomic mass is 9.92. The van der Waals surface area contributed by atoms with E-state index in [9.17, 15) is 9.18 Å². The van der Waals surface area contributed by atoms with Crippen molar-refractivity contribution in [2.45, 2.75) is 25.3 Å². The number of nitrogens with one attached hydrogen (secondary N) is 1. The maximum atomic E-state index is 13.3. The van der Waals surface area contributed by atoms with Gasteiger partial charge in [0, 0.05) is 24.3 Å². The van der Waals surface area contributed by atoms with Crippen molar-refractivity contribution in [3.05, 3.63) is 29.6 Å². The van der Waals surface area contributed by atoms with Gasteiger partial charge in [-0.3, -0.25) is 4.79 Å². The summed E-state index contributed by atoms with van der Waals surface area (Å²) in [6.07, 6.45) is 1.52. The van der Waals surface area contributed by atoms with Crippen molar-refractivity contribution in [1.82, 2.24) is 5.32 Å². The third-order valence-electron chi connectivity index (χ3n) is 3.27. The second kappa shape index (κ2) is 4.94. The molecule has 0 spiro atoms. The minimum absolute atomic E-state index is 0.0452. The van der Waals surface area contributed by atoms with Crippen LogP contribution in [0.3, 0.4) is 0 Å². The predicted molar refractivity (Wildman–Crippen MR) is 66.7 cm³/mol. The first-order valence-corrected chi connectivity index (χ1v) is 5.95. The summed E-state index contributed by atoms with van der Waals surface area (Å²) >= 11 is 0. The molecule has 0 unspecified atom stereocenters. The van der Waals surface area contributed by atoms with Gasteiger partial charge in [-0.15, -0.1) is 0 Å². The average molecular weight is 252 g/mol. The summed E-state index contributed by atoms with van der Waals surface area (Å²) < 4.78 is 18.5. The highest BCUT2D eigenvalue weighted by Gasteiger charge is 2.29. The number of anilines is 1. The Labute approximate surface area is 105 Å². The van der Waals surface area contributed by atoms with Crippen LogP contribution in [0.15, 0.2) is 18.2 Å². The lowest BCUT2D eigenvalue weighted by Gasteiger charge is -2.34. The number of ether oxygens (including phenoxy) is 1. The molecule has 0 bridgehead atoms. The molecule has 0 radical (unpaired) electrons. The molecular formula is C13H17FN2O2. The summed E-state index contributed by atoms with van der Waals surface area (Å²) in [5.74, 6) is -0.849. The van der Waals surface area contributed by atoms with Crippen LogP contribution in [0, 0.1) is 5.82 Å². The van der Waals surface area contributed by atoms with E-state index in [1.54, 1.807) is 0 Å². The van der Waals surface area contributed by atoms with E-state index in [0.717, 1.165) is 18.9 Å². The first-order valence-electron chi connectivity index (χ1n) is 5.95. The second-order valence-corrected chi connectivity index (χ2v) is 4.86. The molecule has 3 N–H and O–H groups in total. The zero-order chi connectivity index (χ0) is 13.2. The standard InChI is InChI=1S/C13H17FN2O2/c1-13(4-6-18-7-5-13)16-12(17)9-2-3-11(15)10(14)8-9/h2-3,8H,4-7,15H2,1H3,(H,16,17). The number of carbonyl (C=O) groups is 1. The van der Waals surface area contributed by atoms with Gasteiger partial charge in [0.25, 0.3) is 5.91 Å². The Morgan fingerprint density at radius 1 is 1.44 bits per heavy atom.